The van der Waals surface area contributed by atoms with Gasteiger partial charge in [0.25, 0.3) is 0 Å². The van der Waals surface area contributed by atoms with Crippen molar-refractivity contribution in [3.8, 4) is 5.75 Å². The van der Waals surface area contributed by atoms with Crippen molar-refractivity contribution in [3.05, 3.63) is 29.3 Å². The molecular formula is C18H27ClN2O2. The Hall–Kier alpha value is -1.26. The Morgan fingerprint density at radius 1 is 1.30 bits per heavy atom. The van der Waals surface area contributed by atoms with Crippen LogP contribution in [0.25, 0.3) is 0 Å². The summed E-state index contributed by atoms with van der Waals surface area (Å²) in [4.78, 5) is 12.2. The van der Waals surface area contributed by atoms with Crippen LogP contribution in [0.1, 0.15) is 30.4 Å². The number of hydrogen-bond donors (Lipinski definition) is 2. The molecule has 0 bridgehead atoms. The monoisotopic (exact) mass is 338 g/mol. The third-order valence-corrected chi connectivity index (χ3v) is 5.16. The number of rotatable bonds is 5. The highest BCUT2D eigenvalue weighted by Gasteiger charge is 2.57. The summed E-state index contributed by atoms with van der Waals surface area (Å²) in [6.07, 6.45) is 3.35. The minimum Gasteiger partial charge on any atom is -0.491 e. The van der Waals surface area contributed by atoms with Crippen LogP contribution in [-0.4, -0.2) is 32.1 Å². The van der Waals surface area contributed by atoms with Gasteiger partial charge in [-0.05, 0) is 62.7 Å². The maximum absolute atomic E-state index is 12.2. The summed E-state index contributed by atoms with van der Waals surface area (Å²) in [5.41, 5.74) is 2.59. The Bertz CT molecular complexity index is 536. The average molecular weight is 339 g/mol. The third-order valence-electron chi connectivity index (χ3n) is 5.16. The Kier molecular flexibility index (Phi) is 5.93. The van der Waals surface area contributed by atoms with E-state index >= 15 is 0 Å². The minimum atomic E-state index is 0. The first-order valence-electron chi connectivity index (χ1n) is 8.30. The molecule has 1 aromatic carbocycles. The number of piperidine rings is 1. The molecule has 1 aliphatic heterocycles. The lowest BCUT2D eigenvalue weighted by molar-refractivity contribution is -0.123. The van der Waals surface area contributed by atoms with Crippen LogP contribution in [0.3, 0.4) is 0 Å². The second-order valence-electron chi connectivity index (χ2n) is 6.73. The number of carbonyl (C=O) groups excluding carboxylic acids is 1. The van der Waals surface area contributed by atoms with E-state index in [4.69, 9.17) is 4.74 Å². The summed E-state index contributed by atoms with van der Waals surface area (Å²) in [7, 11) is 0. The number of ether oxygens (including phenoxy) is 1. The van der Waals surface area contributed by atoms with E-state index in [1.807, 2.05) is 32.0 Å². The van der Waals surface area contributed by atoms with Crippen molar-refractivity contribution >= 4 is 18.3 Å². The number of benzene rings is 1. The Labute approximate surface area is 144 Å². The van der Waals surface area contributed by atoms with Gasteiger partial charge in [-0.2, -0.15) is 0 Å². The minimum absolute atomic E-state index is 0. The van der Waals surface area contributed by atoms with Crippen LogP contribution in [0.5, 0.6) is 5.75 Å². The molecule has 1 atom stereocenters. The highest BCUT2D eigenvalue weighted by atomic mass is 35.5. The molecule has 128 valence electrons. The number of para-hydroxylation sites is 1. The molecule has 4 nitrogen and oxygen atoms in total. The summed E-state index contributed by atoms with van der Waals surface area (Å²) in [5, 5.41) is 6.41. The molecule has 2 fully saturated rings. The molecule has 1 unspecified atom stereocenters. The van der Waals surface area contributed by atoms with E-state index in [0.29, 0.717) is 18.6 Å². The van der Waals surface area contributed by atoms with E-state index in [-0.39, 0.29) is 24.2 Å². The van der Waals surface area contributed by atoms with E-state index in [1.165, 1.54) is 0 Å². The maximum atomic E-state index is 12.2. The van der Waals surface area contributed by atoms with Gasteiger partial charge in [0.15, 0.2) is 0 Å². The van der Waals surface area contributed by atoms with Gasteiger partial charge in [0.2, 0.25) is 5.91 Å². The van der Waals surface area contributed by atoms with Gasteiger partial charge < -0.3 is 15.4 Å². The molecule has 1 heterocycles. The molecule has 3 rings (SSSR count). The number of halogens is 1. The lowest BCUT2D eigenvalue weighted by atomic mass is 9.92. The van der Waals surface area contributed by atoms with Crippen LogP contribution in [0.2, 0.25) is 0 Å². The van der Waals surface area contributed by atoms with Crippen molar-refractivity contribution in [2.24, 2.45) is 11.3 Å². The molecule has 2 aliphatic rings. The van der Waals surface area contributed by atoms with Crippen LogP contribution in [-0.2, 0) is 4.79 Å². The lowest BCUT2D eigenvalue weighted by Gasteiger charge is -2.23. The van der Waals surface area contributed by atoms with Gasteiger partial charge in [-0.1, -0.05) is 18.2 Å². The Morgan fingerprint density at radius 2 is 1.96 bits per heavy atom. The third kappa shape index (κ3) is 3.99. The van der Waals surface area contributed by atoms with Gasteiger partial charge >= 0.3 is 0 Å². The zero-order valence-corrected chi connectivity index (χ0v) is 14.8. The van der Waals surface area contributed by atoms with E-state index < -0.39 is 0 Å². The topological polar surface area (TPSA) is 50.4 Å². The second-order valence-corrected chi connectivity index (χ2v) is 6.73. The van der Waals surface area contributed by atoms with E-state index in [9.17, 15) is 4.79 Å². The van der Waals surface area contributed by atoms with Crippen LogP contribution in [0.15, 0.2) is 18.2 Å². The van der Waals surface area contributed by atoms with Gasteiger partial charge in [0.05, 0.1) is 6.54 Å². The van der Waals surface area contributed by atoms with E-state index in [0.717, 1.165) is 49.2 Å². The number of carbonyl (C=O) groups is 1. The van der Waals surface area contributed by atoms with Gasteiger partial charge in [-0.3, -0.25) is 4.79 Å². The molecule has 0 aromatic heterocycles. The molecule has 1 saturated carbocycles. The van der Waals surface area contributed by atoms with Crippen LogP contribution < -0.4 is 15.4 Å². The standard InChI is InChI=1S/C18H26N2O2.ClH/c1-13-4-3-5-14(2)16(13)22-11-10-20-17(21)15-12-18(15)6-8-19-9-7-18;/h3-5,15,19H,6-12H2,1-2H3,(H,20,21);1H. The van der Waals surface area contributed by atoms with Gasteiger partial charge in [-0.15, -0.1) is 12.4 Å². The van der Waals surface area contributed by atoms with Crippen LogP contribution >= 0.6 is 12.4 Å². The summed E-state index contributed by atoms with van der Waals surface area (Å²) in [5.74, 6) is 1.39. The molecule has 1 aromatic rings. The maximum Gasteiger partial charge on any atom is 0.223 e. The van der Waals surface area contributed by atoms with E-state index in [2.05, 4.69) is 10.6 Å². The first-order valence-corrected chi connectivity index (χ1v) is 8.30. The molecule has 1 spiro atoms. The number of amides is 1. The summed E-state index contributed by atoms with van der Waals surface area (Å²) < 4.78 is 5.83. The Balaban J connectivity index is 0.00000192. The van der Waals surface area contributed by atoms with Crippen molar-refractivity contribution in [2.75, 3.05) is 26.2 Å². The lowest BCUT2D eigenvalue weighted by Crippen LogP contribution is -2.35. The van der Waals surface area contributed by atoms with Gasteiger partial charge in [-0.25, -0.2) is 0 Å². The normalized spacial score (nSPS) is 21.4. The number of nitrogens with one attached hydrogen (secondary N) is 2. The summed E-state index contributed by atoms with van der Waals surface area (Å²) in [6, 6.07) is 6.13. The molecule has 1 amide bonds. The van der Waals surface area contributed by atoms with E-state index in [1.54, 1.807) is 0 Å². The SMILES string of the molecule is Cc1cccc(C)c1OCCNC(=O)C1CC12CCNCC2.Cl. The molecule has 2 N–H and O–H groups in total. The van der Waals surface area contributed by atoms with Crippen LogP contribution in [0, 0.1) is 25.2 Å². The summed E-state index contributed by atoms with van der Waals surface area (Å²) in [6.45, 7) is 7.31. The Morgan fingerprint density at radius 3 is 2.61 bits per heavy atom. The zero-order chi connectivity index (χ0) is 15.6. The first kappa shape index (κ1) is 18.1. The molecule has 23 heavy (non-hydrogen) atoms. The fourth-order valence-electron chi connectivity index (χ4n) is 3.67. The second kappa shape index (κ2) is 7.54. The number of aryl methyl sites for hydroxylation is 2. The first-order chi connectivity index (χ1) is 10.6. The smallest absolute Gasteiger partial charge is 0.223 e. The van der Waals surface area contributed by atoms with Crippen molar-refractivity contribution < 1.29 is 9.53 Å². The van der Waals surface area contributed by atoms with Crippen molar-refractivity contribution in [1.29, 1.82) is 0 Å². The van der Waals surface area contributed by atoms with Gasteiger partial charge in [0, 0.05) is 5.92 Å². The van der Waals surface area contributed by atoms with Gasteiger partial charge in [0.1, 0.15) is 12.4 Å². The fourth-order valence-corrected chi connectivity index (χ4v) is 3.67. The zero-order valence-electron chi connectivity index (χ0n) is 14.0. The van der Waals surface area contributed by atoms with Crippen LogP contribution in [0.4, 0.5) is 0 Å². The molecule has 1 aliphatic carbocycles. The molecule has 1 saturated heterocycles. The number of hydrogen-bond acceptors (Lipinski definition) is 3. The quantitative estimate of drug-likeness (QED) is 0.811. The summed E-state index contributed by atoms with van der Waals surface area (Å²) >= 11 is 0. The van der Waals surface area contributed by atoms with Crippen molar-refractivity contribution in [2.45, 2.75) is 33.1 Å². The molecular weight excluding hydrogens is 312 g/mol. The predicted octanol–water partition coefficient (Wildman–Crippen LogP) is 2.61. The fraction of sp³-hybridized carbons (Fsp3) is 0.611. The molecule has 5 heteroatoms. The average Bonchev–Trinajstić information content (AvgIpc) is 3.20. The molecule has 0 radical (unpaired) electrons. The van der Waals surface area contributed by atoms with Crippen molar-refractivity contribution in [3.63, 3.8) is 0 Å². The van der Waals surface area contributed by atoms with Crippen molar-refractivity contribution in [1.82, 2.24) is 10.6 Å². The highest BCUT2D eigenvalue weighted by molar-refractivity contribution is 5.85. The largest absolute Gasteiger partial charge is 0.491 e. The highest BCUT2D eigenvalue weighted by Crippen LogP contribution is 2.58. The predicted molar refractivity (Wildman–Crippen MR) is 94.3 cm³/mol.